The minimum absolute atomic E-state index is 0.432. The Hall–Kier alpha value is -1.55. The van der Waals surface area contributed by atoms with Crippen LogP contribution in [-0.2, 0) is 11.3 Å². The molecule has 2 N–H and O–H groups in total. The van der Waals surface area contributed by atoms with Crippen LogP contribution in [0.1, 0.15) is 19.1 Å². The maximum absolute atomic E-state index is 10.6. The van der Waals surface area contributed by atoms with E-state index >= 15 is 0 Å². The lowest BCUT2D eigenvalue weighted by Crippen LogP contribution is -2.14. The molecule has 0 radical (unpaired) electrons. The van der Waals surface area contributed by atoms with E-state index in [1.165, 1.54) is 0 Å². The van der Waals surface area contributed by atoms with E-state index in [0.717, 1.165) is 5.76 Å². The lowest BCUT2D eigenvalue weighted by molar-refractivity contribution is -0.132. The van der Waals surface area contributed by atoms with Crippen molar-refractivity contribution in [3.63, 3.8) is 0 Å². The molecule has 1 aromatic rings. The molecule has 82 valence electrons. The summed E-state index contributed by atoms with van der Waals surface area (Å²) in [6.45, 7) is 2.97. The second-order valence-electron chi connectivity index (χ2n) is 3.10. The van der Waals surface area contributed by atoms with Gasteiger partial charge in [0.2, 0.25) is 0 Å². The molecule has 0 aliphatic rings. The van der Waals surface area contributed by atoms with Crippen molar-refractivity contribution in [3.05, 3.63) is 35.8 Å². The zero-order chi connectivity index (χ0) is 11.1. The monoisotopic (exact) mass is 209 g/mol. The Labute approximate surface area is 88.6 Å². The molecule has 0 aromatic carbocycles. The lowest BCUT2D eigenvalue weighted by atomic mass is 10.2. The van der Waals surface area contributed by atoms with Gasteiger partial charge in [-0.25, -0.2) is 4.79 Å². The van der Waals surface area contributed by atoms with E-state index in [4.69, 9.17) is 9.52 Å². The van der Waals surface area contributed by atoms with Gasteiger partial charge < -0.3 is 14.8 Å². The van der Waals surface area contributed by atoms with E-state index in [1.54, 1.807) is 12.3 Å². The Morgan fingerprint density at radius 3 is 3.00 bits per heavy atom. The molecular formula is C11H15NO3. The van der Waals surface area contributed by atoms with Gasteiger partial charge in [0.1, 0.15) is 5.76 Å². The van der Waals surface area contributed by atoms with Crippen molar-refractivity contribution in [1.82, 2.24) is 5.32 Å². The summed E-state index contributed by atoms with van der Waals surface area (Å²) in [7, 11) is 0. The molecule has 0 aliphatic carbocycles. The molecule has 0 fully saturated rings. The molecule has 4 nitrogen and oxygen atoms in total. The first-order valence-electron chi connectivity index (χ1n) is 4.89. The number of aliphatic carboxylic acids is 1. The lowest BCUT2D eigenvalue weighted by Gasteiger charge is -2.00. The predicted molar refractivity (Wildman–Crippen MR) is 56.4 cm³/mol. The summed E-state index contributed by atoms with van der Waals surface area (Å²) in [6, 6.07) is 3.69. The van der Waals surface area contributed by atoms with Crippen molar-refractivity contribution >= 4 is 5.97 Å². The second kappa shape index (κ2) is 6.03. The summed E-state index contributed by atoms with van der Waals surface area (Å²) in [5.74, 6) is -0.00549. The van der Waals surface area contributed by atoms with Crippen molar-refractivity contribution in [2.24, 2.45) is 0 Å². The molecule has 0 saturated heterocycles. The average molecular weight is 209 g/mol. The van der Waals surface area contributed by atoms with Crippen LogP contribution >= 0.6 is 0 Å². The van der Waals surface area contributed by atoms with Crippen molar-refractivity contribution in [2.45, 2.75) is 19.9 Å². The van der Waals surface area contributed by atoms with E-state index in [0.29, 0.717) is 25.1 Å². The van der Waals surface area contributed by atoms with Crippen LogP contribution in [0.15, 0.2) is 34.5 Å². The van der Waals surface area contributed by atoms with Crippen molar-refractivity contribution in [1.29, 1.82) is 0 Å². The van der Waals surface area contributed by atoms with E-state index in [1.807, 2.05) is 19.1 Å². The van der Waals surface area contributed by atoms with Crippen LogP contribution in [0.5, 0.6) is 0 Å². The fourth-order valence-corrected chi connectivity index (χ4v) is 1.19. The first kappa shape index (κ1) is 11.5. The third-order valence-electron chi connectivity index (χ3n) is 2.03. The number of furan rings is 1. The number of hydrogen-bond donors (Lipinski definition) is 2. The highest BCUT2D eigenvalue weighted by Gasteiger charge is 2.02. The Bertz CT molecular complexity index is 328. The maximum atomic E-state index is 10.6. The standard InChI is InChI=1S/C11H15NO3/c1-2-9(11(13)14)5-6-12-8-10-4-3-7-15-10/h3-5,7,12H,2,6,8H2,1H3,(H,13,14)/b9-5-. The molecule has 1 heterocycles. The summed E-state index contributed by atoms with van der Waals surface area (Å²) in [5.41, 5.74) is 0.432. The third kappa shape index (κ3) is 3.99. The Kier molecular flexibility index (Phi) is 4.63. The summed E-state index contributed by atoms with van der Waals surface area (Å²) in [4.78, 5) is 10.6. The molecular weight excluding hydrogens is 194 g/mol. The number of carbonyl (C=O) groups is 1. The quantitative estimate of drug-likeness (QED) is 0.554. The van der Waals surface area contributed by atoms with Crippen LogP contribution in [0.2, 0.25) is 0 Å². The number of carboxylic acids is 1. The molecule has 4 heteroatoms. The van der Waals surface area contributed by atoms with Gasteiger partial charge in [0.25, 0.3) is 0 Å². The molecule has 0 saturated carbocycles. The van der Waals surface area contributed by atoms with Gasteiger partial charge in [0.15, 0.2) is 0 Å². The normalized spacial score (nSPS) is 11.7. The van der Waals surface area contributed by atoms with Gasteiger partial charge in [-0.3, -0.25) is 0 Å². The number of rotatable bonds is 6. The fraction of sp³-hybridized carbons (Fsp3) is 0.364. The van der Waals surface area contributed by atoms with Crippen LogP contribution in [0.25, 0.3) is 0 Å². The minimum atomic E-state index is -0.850. The van der Waals surface area contributed by atoms with Crippen molar-refractivity contribution < 1.29 is 14.3 Å². The predicted octanol–water partition coefficient (Wildman–Crippen LogP) is 1.79. The highest BCUT2D eigenvalue weighted by molar-refractivity contribution is 5.86. The molecule has 1 rings (SSSR count). The third-order valence-corrected chi connectivity index (χ3v) is 2.03. The van der Waals surface area contributed by atoms with Crippen LogP contribution in [0, 0.1) is 0 Å². The largest absolute Gasteiger partial charge is 0.478 e. The van der Waals surface area contributed by atoms with Gasteiger partial charge in [0.05, 0.1) is 12.8 Å². The Morgan fingerprint density at radius 2 is 2.47 bits per heavy atom. The van der Waals surface area contributed by atoms with Gasteiger partial charge in [0, 0.05) is 12.1 Å². The molecule has 15 heavy (non-hydrogen) atoms. The molecule has 0 unspecified atom stereocenters. The van der Waals surface area contributed by atoms with Crippen molar-refractivity contribution in [3.8, 4) is 0 Å². The molecule has 0 spiro atoms. The first-order valence-corrected chi connectivity index (χ1v) is 4.89. The van der Waals surface area contributed by atoms with Gasteiger partial charge in [-0.15, -0.1) is 0 Å². The average Bonchev–Trinajstić information content (AvgIpc) is 2.70. The van der Waals surface area contributed by atoms with E-state index in [2.05, 4.69) is 5.32 Å². The number of nitrogens with one attached hydrogen (secondary N) is 1. The molecule has 1 aromatic heterocycles. The van der Waals surface area contributed by atoms with Gasteiger partial charge in [-0.05, 0) is 18.6 Å². The zero-order valence-corrected chi connectivity index (χ0v) is 8.69. The Morgan fingerprint density at radius 1 is 1.67 bits per heavy atom. The number of hydrogen-bond acceptors (Lipinski definition) is 3. The summed E-state index contributed by atoms with van der Waals surface area (Å²) in [6.07, 6.45) is 3.84. The van der Waals surface area contributed by atoms with Crippen LogP contribution in [-0.4, -0.2) is 17.6 Å². The highest BCUT2D eigenvalue weighted by Crippen LogP contribution is 2.00. The maximum Gasteiger partial charge on any atom is 0.331 e. The molecule has 0 atom stereocenters. The minimum Gasteiger partial charge on any atom is -0.478 e. The van der Waals surface area contributed by atoms with Crippen LogP contribution in [0.4, 0.5) is 0 Å². The zero-order valence-electron chi connectivity index (χ0n) is 8.69. The Balaban J connectivity index is 2.28. The summed E-state index contributed by atoms with van der Waals surface area (Å²) in [5, 5.41) is 11.8. The smallest absolute Gasteiger partial charge is 0.331 e. The van der Waals surface area contributed by atoms with E-state index in [-0.39, 0.29) is 0 Å². The van der Waals surface area contributed by atoms with Gasteiger partial charge in [-0.2, -0.15) is 0 Å². The van der Waals surface area contributed by atoms with E-state index in [9.17, 15) is 4.79 Å². The SMILES string of the molecule is CC/C(=C/CNCc1ccco1)C(=O)O. The highest BCUT2D eigenvalue weighted by atomic mass is 16.4. The number of carboxylic acid groups (broad SMARTS) is 1. The van der Waals surface area contributed by atoms with E-state index < -0.39 is 5.97 Å². The topological polar surface area (TPSA) is 62.5 Å². The molecule has 0 aliphatic heterocycles. The molecule has 0 amide bonds. The van der Waals surface area contributed by atoms with Gasteiger partial charge in [-0.1, -0.05) is 13.0 Å². The molecule has 0 bridgehead atoms. The summed E-state index contributed by atoms with van der Waals surface area (Å²) >= 11 is 0. The van der Waals surface area contributed by atoms with Crippen molar-refractivity contribution in [2.75, 3.05) is 6.54 Å². The first-order chi connectivity index (χ1) is 7.24. The second-order valence-corrected chi connectivity index (χ2v) is 3.10. The van der Waals surface area contributed by atoms with Gasteiger partial charge >= 0.3 is 5.97 Å². The fourth-order valence-electron chi connectivity index (χ4n) is 1.19. The van der Waals surface area contributed by atoms with Crippen LogP contribution < -0.4 is 5.32 Å². The summed E-state index contributed by atoms with van der Waals surface area (Å²) < 4.78 is 5.11. The van der Waals surface area contributed by atoms with Crippen LogP contribution in [0.3, 0.4) is 0 Å².